The molecule has 0 saturated carbocycles. The normalized spacial score (nSPS) is 29.1. The van der Waals surface area contributed by atoms with Crippen LogP contribution in [0, 0.1) is 5.92 Å². The van der Waals surface area contributed by atoms with Gasteiger partial charge in [-0.05, 0) is 49.8 Å². The zero-order valence-corrected chi connectivity index (χ0v) is 13.1. The second-order valence-electron chi connectivity index (χ2n) is 6.21. The molecule has 2 fully saturated rings. The maximum Gasteiger partial charge on any atom is 0.224 e. The van der Waals surface area contributed by atoms with E-state index in [-0.39, 0.29) is 5.91 Å². The lowest BCUT2D eigenvalue weighted by atomic mass is 9.89. The van der Waals surface area contributed by atoms with E-state index < -0.39 is 10.8 Å². The molecule has 2 N–H and O–H groups in total. The van der Waals surface area contributed by atoms with Crippen molar-refractivity contribution in [1.82, 2.24) is 5.32 Å². The summed E-state index contributed by atoms with van der Waals surface area (Å²) in [6.45, 7) is 0. The Morgan fingerprint density at radius 2 is 2.05 bits per heavy atom. The van der Waals surface area contributed by atoms with Gasteiger partial charge >= 0.3 is 0 Å². The number of rotatable bonds is 4. The molecule has 1 aromatic rings. The van der Waals surface area contributed by atoms with Crippen molar-refractivity contribution in [2.24, 2.45) is 5.92 Å². The minimum absolute atomic E-state index is 0.0698. The van der Waals surface area contributed by atoms with E-state index in [0.29, 0.717) is 24.4 Å². The summed E-state index contributed by atoms with van der Waals surface area (Å²) < 4.78 is 11.5. The number of nitrogens with one attached hydrogen (secondary N) is 2. The highest BCUT2D eigenvalue weighted by Crippen LogP contribution is 2.32. The predicted octanol–water partition coefficient (Wildman–Crippen LogP) is 2.28. The molecule has 0 aromatic heterocycles. The summed E-state index contributed by atoms with van der Waals surface area (Å²) in [5.74, 6) is 0.563. The molecule has 3 rings (SSSR count). The predicted molar refractivity (Wildman–Crippen MR) is 84.7 cm³/mol. The van der Waals surface area contributed by atoms with Crippen molar-refractivity contribution in [2.75, 3.05) is 11.6 Å². The van der Waals surface area contributed by atoms with E-state index in [9.17, 15) is 9.00 Å². The molecule has 3 atom stereocenters. The Bertz CT molecular complexity index is 549. The molecule has 3 unspecified atom stereocenters. The standard InChI is InChI=1S/C16H22N2O2S/c1-21(20)15-4-2-3-12(10-15)18-16(19)9-11-7-13-5-6-14(8-11)17-13/h2-4,10-11,13-14,17H,5-9H2,1H3,(H,18,19). The summed E-state index contributed by atoms with van der Waals surface area (Å²) in [6, 6.07) is 8.52. The largest absolute Gasteiger partial charge is 0.326 e. The van der Waals surface area contributed by atoms with Crippen LogP contribution < -0.4 is 10.6 Å². The molecule has 2 aliphatic rings. The molecule has 2 bridgehead atoms. The van der Waals surface area contributed by atoms with Gasteiger partial charge in [-0.2, -0.15) is 0 Å². The molecule has 4 nitrogen and oxygen atoms in total. The topological polar surface area (TPSA) is 58.2 Å². The molecule has 2 saturated heterocycles. The van der Waals surface area contributed by atoms with Crippen molar-refractivity contribution in [3.63, 3.8) is 0 Å². The fourth-order valence-electron chi connectivity index (χ4n) is 3.57. The van der Waals surface area contributed by atoms with E-state index in [1.54, 1.807) is 12.3 Å². The molecule has 21 heavy (non-hydrogen) atoms. The molecular formula is C16H22N2O2S. The Kier molecular flexibility index (Phi) is 4.40. The summed E-state index contributed by atoms with van der Waals surface area (Å²) in [4.78, 5) is 12.9. The van der Waals surface area contributed by atoms with Crippen LogP contribution in [0.1, 0.15) is 32.1 Å². The summed E-state index contributed by atoms with van der Waals surface area (Å²) in [5.41, 5.74) is 0.740. The number of amides is 1. The van der Waals surface area contributed by atoms with Crippen LogP contribution in [0.5, 0.6) is 0 Å². The molecule has 114 valence electrons. The first-order valence-corrected chi connectivity index (χ1v) is 9.15. The molecule has 0 aliphatic carbocycles. The maximum atomic E-state index is 12.2. The monoisotopic (exact) mass is 306 g/mol. The minimum Gasteiger partial charge on any atom is -0.326 e. The van der Waals surface area contributed by atoms with Crippen molar-refractivity contribution in [1.29, 1.82) is 0 Å². The molecule has 0 spiro atoms. The van der Waals surface area contributed by atoms with Gasteiger partial charge in [0.2, 0.25) is 5.91 Å². The quantitative estimate of drug-likeness (QED) is 0.897. The van der Waals surface area contributed by atoms with Crippen LogP contribution in [0.25, 0.3) is 0 Å². The lowest BCUT2D eigenvalue weighted by molar-refractivity contribution is -0.117. The Morgan fingerprint density at radius 1 is 1.33 bits per heavy atom. The van der Waals surface area contributed by atoms with E-state index in [1.165, 1.54) is 12.8 Å². The molecule has 2 aliphatic heterocycles. The van der Waals surface area contributed by atoms with Crippen LogP contribution in [0.4, 0.5) is 5.69 Å². The van der Waals surface area contributed by atoms with Crippen LogP contribution in [0.3, 0.4) is 0 Å². The number of anilines is 1. The van der Waals surface area contributed by atoms with Crippen LogP contribution in [0.15, 0.2) is 29.2 Å². The van der Waals surface area contributed by atoms with Gasteiger partial charge in [0.05, 0.1) is 0 Å². The van der Waals surface area contributed by atoms with Gasteiger partial charge in [0.25, 0.3) is 0 Å². The Labute approximate surface area is 128 Å². The third-order valence-corrected chi connectivity index (χ3v) is 5.41. The molecule has 5 heteroatoms. The number of carbonyl (C=O) groups excluding carboxylic acids is 1. The maximum absolute atomic E-state index is 12.2. The van der Waals surface area contributed by atoms with Gasteiger partial charge in [-0.1, -0.05) is 6.07 Å². The first kappa shape index (κ1) is 14.7. The highest BCUT2D eigenvalue weighted by molar-refractivity contribution is 7.84. The van der Waals surface area contributed by atoms with Crippen LogP contribution in [-0.2, 0) is 15.6 Å². The summed E-state index contributed by atoms with van der Waals surface area (Å²) in [5, 5.41) is 6.54. The molecule has 1 amide bonds. The van der Waals surface area contributed by atoms with E-state index in [2.05, 4.69) is 10.6 Å². The van der Waals surface area contributed by atoms with Gasteiger partial charge in [-0.15, -0.1) is 0 Å². The van der Waals surface area contributed by atoms with E-state index in [4.69, 9.17) is 0 Å². The Morgan fingerprint density at radius 3 is 2.71 bits per heavy atom. The highest BCUT2D eigenvalue weighted by Gasteiger charge is 2.34. The minimum atomic E-state index is -1.02. The third kappa shape index (κ3) is 3.71. The highest BCUT2D eigenvalue weighted by atomic mass is 32.2. The van der Waals surface area contributed by atoms with Crippen molar-refractivity contribution in [2.45, 2.75) is 49.1 Å². The summed E-state index contributed by atoms with van der Waals surface area (Å²) >= 11 is 0. The van der Waals surface area contributed by atoms with Crippen molar-refractivity contribution in [3.05, 3.63) is 24.3 Å². The Hall–Kier alpha value is -1.20. The fourth-order valence-corrected chi connectivity index (χ4v) is 4.13. The van der Waals surface area contributed by atoms with Gasteiger partial charge < -0.3 is 10.6 Å². The summed E-state index contributed by atoms with van der Waals surface area (Å²) in [7, 11) is -1.02. The van der Waals surface area contributed by atoms with E-state index in [0.717, 1.165) is 23.4 Å². The second-order valence-corrected chi connectivity index (χ2v) is 7.59. The third-order valence-electron chi connectivity index (χ3n) is 4.49. The molecule has 0 radical (unpaired) electrons. The average Bonchev–Trinajstić information content (AvgIpc) is 2.78. The Balaban J connectivity index is 1.56. The van der Waals surface area contributed by atoms with E-state index in [1.807, 2.05) is 18.2 Å². The lowest BCUT2D eigenvalue weighted by Gasteiger charge is -2.28. The smallest absolute Gasteiger partial charge is 0.224 e. The SMILES string of the molecule is CS(=O)c1cccc(NC(=O)CC2CC3CCC(C2)N3)c1. The van der Waals surface area contributed by atoms with Crippen LogP contribution in [-0.4, -0.2) is 28.5 Å². The van der Waals surface area contributed by atoms with Gasteiger partial charge in [-0.25, -0.2) is 0 Å². The number of benzene rings is 1. The molecular weight excluding hydrogens is 284 g/mol. The number of carbonyl (C=O) groups is 1. The first-order valence-electron chi connectivity index (χ1n) is 7.59. The summed E-state index contributed by atoms with van der Waals surface area (Å²) in [6.07, 6.45) is 6.98. The number of fused-ring (bicyclic) bond motifs is 2. The lowest BCUT2D eigenvalue weighted by Crippen LogP contribution is -2.39. The van der Waals surface area contributed by atoms with Gasteiger partial charge in [0.15, 0.2) is 0 Å². The zero-order valence-electron chi connectivity index (χ0n) is 12.3. The van der Waals surface area contributed by atoms with Gasteiger partial charge in [-0.3, -0.25) is 9.00 Å². The van der Waals surface area contributed by atoms with Gasteiger partial charge in [0.1, 0.15) is 0 Å². The number of hydrogen-bond donors (Lipinski definition) is 2. The van der Waals surface area contributed by atoms with Crippen LogP contribution in [0.2, 0.25) is 0 Å². The van der Waals surface area contributed by atoms with Gasteiger partial charge in [0, 0.05) is 46.1 Å². The fraction of sp³-hybridized carbons (Fsp3) is 0.562. The van der Waals surface area contributed by atoms with Crippen molar-refractivity contribution >= 4 is 22.4 Å². The number of hydrogen-bond acceptors (Lipinski definition) is 3. The zero-order chi connectivity index (χ0) is 14.8. The van der Waals surface area contributed by atoms with Crippen LogP contribution >= 0.6 is 0 Å². The molecule has 2 heterocycles. The average molecular weight is 306 g/mol. The first-order chi connectivity index (χ1) is 10.1. The second kappa shape index (κ2) is 6.28. The van der Waals surface area contributed by atoms with Crippen molar-refractivity contribution < 1.29 is 9.00 Å². The van der Waals surface area contributed by atoms with E-state index >= 15 is 0 Å². The van der Waals surface area contributed by atoms with Crippen molar-refractivity contribution in [3.8, 4) is 0 Å². The molecule has 1 aromatic carbocycles. The number of piperidine rings is 1.